The first kappa shape index (κ1) is 21.4. The third-order valence-electron chi connectivity index (χ3n) is 5.46. The lowest BCUT2D eigenvalue weighted by Crippen LogP contribution is -2.12. The Labute approximate surface area is 186 Å². The van der Waals surface area contributed by atoms with E-state index < -0.39 is 5.63 Å². The first-order chi connectivity index (χ1) is 15.6. The highest BCUT2D eigenvalue weighted by Crippen LogP contribution is 2.27. The lowest BCUT2D eigenvalue weighted by atomic mass is 10.0. The summed E-state index contributed by atoms with van der Waals surface area (Å²) < 4.78 is 5.33. The predicted molar refractivity (Wildman–Crippen MR) is 126 cm³/mol. The van der Waals surface area contributed by atoms with E-state index >= 15 is 0 Å². The zero-order valence-corrected chi connectivity index (χ0v) is 17.7. The molecule has 32 heavy (non-hydrogen) atoms. The minimum atomic E-state index is -0.499. The van der Waals surface area contributed by atoms with Gasteiger partial charge in [0, 0.05) is 12.1 Å². The molecule has 0 radical (unpaired) electrons. The van der Waals surface area contributed by atoms with Gasteiger partial charge in [-0.1, -0.05) is 54.6 Å². The van der Waals surface area contributed by atoms with Crippen molar-refractivity contribution in [3.05, 3.63) is 106 Å². The van der Waals surface area contributed by atoms with E-state index in [1.54, 1.807) is 24.3 Å². The highest BCUT2D eigenvalue weighted by atomic mass is 16.4. The number of hydrogen-bond acceptors (Lipinski definition) is 4. The molecule has 1 aromatic heterocycles. The Morgan fingerprint density at radius 2 is 1.59 bits per heavy atom. The van der Waals surface area contributed by atoms with Crippen molar-refractivity contribution in [2.75, 3.05) is 5.32 Å². The summed E-state index contributed by atoms with van der Waals surface area (Å²) in [4.78, 5) is 24.6. The van der Waals surface area contributed by atoms with Crippen LogP contribution in [0.3, 0.4) is 0 Å². The van der Waals surface area contributed by atoms with E-state index in [0.717, 1.165) is 16.8 Å². The van der Waals surface area contributed by atoms with Gasteiger partial charge in [-0.15, -0.1) is 0 Å². The molecule has 0 atom stereocenters. The lowest BCUT2D eigenvalue weighted by Gasteiger charge is -2.09. The molecule has 5 heteroatoms. The molecule has 0 aliphatic heterocycles. The number of anilines is 1. The molecule has 0 bridgehead atoms. The number of benzene rings is 3. The summed E-state index contributed by atoms with van der Waals surface area (Å²) in [7, 11) is 0. The lowest BCUT2D eigenvalue weighted by molar-refractivity contribution is -0.116. The van der Waals surface area contributed by atoms with Crippen molar-refractivity contribution in [3.8, 4) is 5.75 Å². The van der Waals surface area contributed by atoms with Crippen LogP contribution in [0.5, 0.6) is 5.75 Å². The Hall–Kier alpha value is -3.86. The van der Waals surface area contributed by atoms with Crippen molar-refractivity contribution in [3.63, 3.8) is 0 Å². The molecule has 0 fully saturated rings. The van der Waals surface area contributed by atoms with E-state index in [0.29, 0.717) is 48.6 Å². The first-order valence-electron chi connectivity index (χ1n) is 10.8. The molecule has 2 N–H and O–H groups in total. The van der Waals surface area contributed by atoms with E-state index in [9.17, 15) is 14.7 Å². The number of hydrogen-bond donors (Lipinski definition) is 2. The molecule has 0 saturated heterocycles. The van der Waals surface area contributed by atoms with Gasteiger partial charge < -0.3 is 14.8 Å². The van der Waals surface area contributed by atoms with Gasteiger partial charge in [0.15, 0.2) is 0 Å². The molecule has 0 saturated carbocycles. The van der Waals surface area contributed by atoms with E-state index in [1.807, 2.05) is 54.6 Å². The Kier molecular flexibility index (Phi) is 6.66. The number of carbonyl (C=O) groups excluding carboxylic acids is 1. The third kappa shape index (κ3) is 5.24. The van der Waals surface area contributed by atoms with Crippen molar-refractivity contribution < 1.29 is 14.3 Å². The van der Waals surface area contributed by atoms with Crippen LogP contribution in [-0.4, -0.2) is 11.0 Å². The maximum atomic E-state index is 12.3. The second-order valence-electron chi connectivity index (χ2n) is 7.80. The molecular formula is C27H25NO4. The van der Waals surface area contributed by atoms with Crippen LogP contribution in [0.4, 0.5) is 5.69 Å². The minimum absolute atomic E-state index is 0.00344. The Bertz CT molecular complexity index is 1280. The Morgan fingerprint density at radius 1 is 0.844 bits per heavy atom. The SMILES string of the molecule is O=C(CCc1ccccc1)Nc1cccc(CCCc2c(O)c3ccccc3oc2=O)c1. The highest BCUT2D eigenvalue weighted by molar-refractivity contribution is 5.90. The van der Waals surface area contributed by atoms with E-state index in [2.05, 4.69) is 5.32 Å². The van der Waals surface area contributed by atoms with Gasteiger partial charge in [0.05, 0.1) is 10.9 Å². The van der Waals surface area contributed by atoms with Crippen molar-refractivity contribution in [1.29, 1.82) is 0 Å². The zero-order chi connectivity index (χ0) is 22.3. The molecule has 1 amide bonds. The van der Waals surface area contributed by atoms with Crippen molar-refractivity contribution in [2.24, 2.45) is 0 Å². The molecule has 0 aliphatic carbocycles. The molecule has 0 spiro atoms. The van der Waals surface area contributed by atoms with Crippen molar-refractivity contribution in [1.82, 2.24) is 0 Å². The quantitative estimate of drug-likeness (QED) is 0.377. The summed E-state index contributed by atoms with van der Waals surface area (Å²) in [6, 6.07) is 24.6. The number of para-hydroxylation sites is 1. The fourth-order valence-electron chi connectivity index (χ4n) is 3.79. The van der Waals surface area contributed by atoms with Crippen LogP contribution in [-0.2, 0) is 24.1 Å². The monoisotopic (exact) mass is 427 g/mol. The molecule has 0 aliphatic rings. The number of aryl methyl sites for hydroxylation is 2. The maximum absolute atomic E-state index is 12.3. The average Bonchev–Trinajstić information content (AvgIpc) is 2.81. The van der Waals surface area contributed by atoms with Gasteiger partial charge >= 0.3 is 5.63 Å². The molecule has 4 aromatic rings. The zero-order valence-electron chi connectivity index (χ0n) is 17.7. The van der Waals surface area contributed by atoms with Gasteiger partial charge in [-0.25, -0.2) is 4.79 Å². The number of amides is 1. The second kappa shape index (κ2) is 9.96. The first-order valence-corrected chi connectivity index (χ1v) is 10.8. The minimum Gasteiger partial charge on any atom is -0.507 e. The second-order valence-corrected chi connectivity index (χ2v) is 7.80. The van der Waals surface area contributed by atoms with Crippen LogP contribution < -0.4 is 10.9 Å². The van der Waals surface area contributed by atoms with Gasteiger partial charge in [-0.3, -0.25) is 4.79 Å². The highest BCUT2D eigenvalue weighted by Gasteiger charge is 2.13. The van der Waals surface area contributed by atoms with Crippen LogP contribution in [0, 0.1) is 0 Å². The summed E-state index contributed by atoms with van der Waals surface area (Å²) >= 11 is 0. The summed E-state index contributed by atoms with van der Waals surface area (Å²) in [5.41, 5.74) is 3.13. The molecular weight excluding hydrogens is 402 g/mol. The summed E-state index contributed by atoms with van der Waals surface area (Å²) in [6.07, 6.45) is 2.91. The average molecular weight is 428 g/mol. The van der Waals surface area contributed by atoms with Crippen LogP contribution in [0.15, 0.2) is 88.1 Å². The van der Waals surface area contributed by atoms with Gasteiger partial charge in [0.1, 0.15) is 11.3 Å². The molecule has 4 rings (SSSR count). The summed E-state index contributed by atoms with van der Waals surface area (Å²) in [5.74, 6) is -0.0269. The molecule has 3 aromatic carbocycles. The summed E-state index contributed by atoms with van der Waals surface area (Å²) in [6.45, 7) is 0. The number of nitrogens with one attached hydrogen (secondary N) is 1. The van der Waals surface area contributed by atoms with Gasteiger partial charge in [-0.05, 0) is 61.1 Å². The molecule has 162 valence electrons. The van der Waals surface area contributed by atoms with Crippen molar-refractivity contribution >= 4 is 22.6 Å². The summed E-state index contributed by atoms with van der Waals surface area (Å²) in [5, 5.41) is 14.0. The van der Waals surface area contributed by atoms with Crippen LogP contribution in [0.1, 0.15) is 29.5 Å². The van der Waals surface area contributed by atoms with Gasteiger partial charge in [-0.2, -0.15) is 0 Å². The third-order valence-corrected chi connectivity index (χ3v) is 5.46. The standard InChI is InChI=1S/C27H25NO4/c29-25(17-16-19-8-2-1-3-9-19)28-21-12-6-10-20(18-21)11-7-14-23-26(30)22-13-4-5-15-24(22)32-27(23)31/h1-6,8-10,12-13,15,18,30H,7,11,14,16-17H2,(H,28,29). The largest absolute Gasteiger partial charge is 0.507 e. The fraction of sp³-hybridized carbons (Fsp3) is 0.185. The number of fused-ring (bicyclic) bond motifs is 1. The number of rotatable bonds is 8. The van der Waals surface area contributed by atoms with E-state index in [1.165, 1.54) is 0 Å². The van der Waals surface area contributed by atoms with Crippen LogP contribution in [0.2, 0.25) is 0 Å². The Balaban J connectivity index is 1.34. The number of carbonyl (C=O) groups is 1. The van der Waals surface area contributed by atoms with E-state index in [-0.39, 0.29) is 11.7 Å². The Morgan fingerprint density at radius 3 is 2.44 bits per heavy atom. The van der Waals surface area contributed by atoms with E-state index in [4.69, 9.17) is 4.42 Å². The molecule has 0 unspecified atom stereocenters. The fourth-order valence-corrected chi connectivity index (χ4v) is 3.79. The van der Waals surface area contributed by atoms with Gasteiger partial charge in [0.25, 0.3) is 0 Å². The smallest absolute Gasteiger partial charge is 0.343 e. The number of aromatic hydroxyl groups is 1. The topological polar surface area (TPSA) is 79.5 Å². The normalized spacial score (nSPS) is 10.9. The molecule has 1 heterocycles. The van der Waals surface area contributed by atoms with Crippen molar-refractivity contribution in [2.45, 2.75) is 32.1 Å². The van der Waals surface area contributed by atoms with Crippen LogP contribution >= 0.6 is 0 Å². The van der Waals surface area contributed by atoms with Crippen LogP contribution in [0.25, 0.3) is 11.0 Å². The maximum Gasteiger partial charge on any atom is 0.343 e. The van der Waals surface area contributed by atoms with Gasteiger partial charge in [0.2, 0.25) is 5.91 Å². The predicted octanol–water partition coefficient (Wildman–Crippen LogP) is 5.25. The molecule has 5 nitrogen and oxygen atoms in total.